The van der Waals surface area contributed by atoms with Gasteiger partial charge in [-0.05, 0) is 12.3 Å². The number of ether oxygens (including phenoxy) is 2. The predicted octanol–water partition coefficient (Wildman–Crippen LogP) is 0.750. The van der Waals surface area contributed by atoms with Gasteiger partial charge in [0.1, 0.15) is 0 Å². The molecule has 2 fully saturated rings. The molecule has 0 radical (unpaired) electrons. The van der Waals surface area contributed by atoms with E-state index < -0.39 is 5.79 Å². The number of rotatable bonds is 1. The van der Waals surface area contributed by atoms with Crippen LogP contribution in [0.15, 0.2) is 12.2 Å². The van der Waals surface area contributed by atoms with E-state index in [4.69, 9.17) is 9.47 Å². The van der Waals surface area contributed by atoms with E-state index in [1.165, 1.54) is 0 Å². The second-order valence-electron chi connectivity index (χ2n) is 4.06. The summed E-state index contributed by atoms with van der Waals surface area (Å²) in [6.07, 6.45) is 5.05. The van der Waals surface area contributed by atoms with Gasteiger partial charge in [0.05, 0.1) is 6.61 Å². The van der Waals surface area contributed by atoms with Crippen molar-refractivity contribution in [3.63, 3.8) is 0 Å². The van der Waals surface area contributed by atoms with Crippen molar-refractivity contribution in [1.82, 2.24) is 0 Å². The minimum absolute atomic E-state index is 0.0393. The average molecular weight is 180 g/mol. The van der Waals surface area contributed by atoms with Crippen LogP contribution in [0, 0.1) is 17.8 Å². The lowest BCUT2D eigenvalue weighted by Crippen LogP contribution is -2.54. The predicted molar refractivity (Wildman–Crippen MR) is 44.9 cm³/mol. The molecular formula is C10H12O3. The van der Waals surface area contributed by atoms with E-state index in [2.05, 4.69) is 6.08 Å². The van der Waals surface area contributed by atoms with Crippen molar-refractivity contribution in [3.05, 3.63) is 12.2 Å². The summed E-state index contributed by atoms with van der Waals surface area (Å²) in [5.74, 6) is -0.0983. The highest BCUT2D eigenvalue weighted by molar-refractivity contribution is 5.92. The van der Waals surface area contributed by atoms with Crippen molar-refractivity contribution in [3.8, 4) is 0 Å². The fourth-order valence-corrected chi connectivity index (χ4v) is 2.88. The van der Waals surface area contributed by atoms with Gasteiger partial charge in [-0.1, -0.05) is 12.2 Å². The second kappa shape index (κ2) is 2.22. The molecular weight excluding hydrogens is 168 g/mol. The van der Waals surface area contributed by atoms with Crippen molar-refractivity contribution in [1.29, 1.82) is 0 Å². The summed E-state index contributed by atoms with van der Waals surface area (Å²) < 4.78 is 10.8. The average Bonchev–Trinajstić information content (AvgIpc) is 2.50. The van der Waals surface area contributed by atoms with Gasteiger partial charge >= 0.3 is 0 Å². The maximum Gasteiger partial charge on any atom is 0.236 e. The van der Waals surface area contributed by atoms with Gasteiger partial charge in [0.15, 0.2) is 5.78 Å². The highest BCUT2D eigenvalue weighted by Gasteiger charge is 2.62. The van der Waals surface area contributed by atoms with Crippen molar-refractivity contribution in [2.75, 3.05) is 13.7 Å². The molecule has 4 atom stereocenters. The summed E-state index contributed by atoms with van der Waals surface area (Å²) in [6.45, 7) is 0.672. The SMILES string of the molecule is CO[C@@]12OC[C@H]3C[C@H](C=C[C@@H]31)C2=O. The van der Waals surface area contributed by atoms with E-state index in [-0.39, 0.29) is 17.6 Å². The molecule has 3 nitrogen and oxygen atoms in total. The molecule has 0 aromatic carbocycles. The third-order valence-electron chi connectivity index (χ3n) is 3.55. The van der Waals surface area contributed by atoms with E-state index >= 15 is 0 Å². The van der Waals surface area contributed by atoms with Crippen LogP contribution in [-0.2, 0) is 14.3 Å². The Bertz CT molecular complexity index is 297. The Labute approximate surface area is 76.7 Å². The van der Waals surface area contributed by atoms with Crippen LogP contribution >= 0.6 is 0 Å². The number of allylic oxidation sites excluding steroid dienone is 1. The highest BCUT2D eigenvalue weighted by Crippen LogP contribution is 2.51. The third kappa shape index (κ3) is 0.708. The van der Waals surface area contributed by atoms with Gasteiger partial charge in [-0.15, -0.1) is 0 Å². The Hall–Kier alpha value is -0.670. The fourth-order valence-electron chi connectivity index (χ4n) is 2.88. The highest BCUT2D eigenvalue weighted by atomic mass is 16.7. The second-order valence-corrected chi connectivity index (χ2v) is 4.06. The molecule has 0 spiro atoms. The quantitative estimate of drug-likeness (QED) is 0.558. The maximum atomic E-state index is 11.9. The Morgan fingerprint density at radius 1 is 1.62 bits per heavy atom. The molecule has 0 unspecified atom stereocenters. The smallest absolute Gasteiger partial charge is 0.236 e. The zero-order valence-electron chi connectivity index (χ0n) is 7.53. The molecule has 3 aliphatic carbocycles. The molecule has 1 saturated heterocycles. The lowest BCUT2D eigenvalue weighted by molar-refractivity contribution is -0.214. The molecule has 4 aliphatic rings. The van der Waals surface area contributed by atoms with Crippen LogP contribution in [0.5, 0.6) is 0 Å². The molecule has 1 aliphatic heterocycles. The Kier molecular flexibility index (Phi) is 1.32. The number of carbonyl (C=O) groups excluding carboxylic acids is 1. The molecule has 0 aromatic heterocycles. The minimum Gasteiger partial charge on any atom is -0.347 e. The molecule has 1 saturated carbocycles. The number of Topliss-reactive ketones (excluding diaryl/α,β-unsaturated/α-hetero) is 1. The topological polar surface area (TPSA) is 35.5 Å². The lowest BCUT2D eigenvalue weighted by Gasteiger charge is -2.41. The van der Waals surface area contributed by atoms with Crippen molar-refractivity contribution in [2.24, 2.45) is 17.8 Å². The van der Waals surface area contributed by atoms with E-state index in [0.29, 0.717) is 12.5 Å². The number of ketones is 1. The van der Waals surface area contributed by atoms with E-state index in [1.54, 1.807) is 7.11 Å². The Morgan fingerprint density at radius 2 is 2.46 bits per heavy atom. The summed E-state index contributed by atoms with van der Waals surface area (Å²) in [5.41, 5.74) is 0. The zero-order valence-corrected chi connectivity index (χ0v) is 7.53. The van der Waals surface area contributed by atoms with Crippen LogP contribution < -0.4 is 0 Å². The number of carbonyl (C=O) groups is 1. The number of methoxy groups -OCH3 is 1. The maximum absolute atomic E-state index is 11.9. The van der Waals surface area contributed by atoms with Gasteiger partial charge < -0.3 is 9.47 Å². The first-order valence-electron chi connectivity index (χ1n) is 4.69. The lowest BCUT2D eigenvalue weighted by atomic mass is 9.67. The van der Waals surface area contributed by atoms with Gasteiger partial charge in [0, 0.05) is 18.9 Å². The largest absolute Gasteiger partial charge is 0.347 e. The minimum atomic E-state index is -0.914. The zero-order chi connectivity index (χ0) is 9.05. The van der Waals surface area contributed by atoms with Crippen LogP contribution in [0.3, 0.4) is 0 Å². The summed E-state index contributed by atoms with van der Waals surface area (Å²) >= 11 is 0. The monoisotopic (exact) mass is 180 g/mol. The van der Waals surface area contributed by atoms with Crippen molar-refractivity contribution in [2.45, 2.75) is 12.2 Å². The van der Waals surface area contributed by atoms with E-state index in [9.17, 15) is 4.79 Å². The summed E-state index contributed by atoms with van der Waals surface area (Å²) in [4.78, 5) is 11.9. The Balaban J connectivity index is 2.14. The van der Waals surface area contributed by atoms with Crippen molar-refractivity contribution < 1.29 is 14.3 Å². The molecule has 70 valence electrons. The summed E-state index contributed by atoms with van der Waals surface area (Å²) in [7, 11) is 1.56. The molecule has 0 amide bonds. The Morgan fingerprint density at radius 3 is 3.15 bits per heavy atom. The molecule has 13 heavy (non-hydrogen) atoms. The standard InChI is InChI=1S/C10H12O3/c1-12-10-8-3-2-6(9(10)11)4-7(8)5-13-10/h2-3,6-8H,4-5H2,1H3/t6-,7+,8-,10+/m0/s1. The first-order valence-corrected chi connectivity index (χ1v) is 4.69. The van der Waals surface area contributed by atoms with Gasteiger partial charge in [0.25, 0.3) is 0 Å². The number of hydrogen-bond acceptors (Lipinski definition) is 3. The molecule has 4 rings (SSSR count). The molecule has 3 heteroatoms. The van der Waals surface area contributed by atoms with Crippen LogP contribution in [0.25, 0.3) is 0 Å². The molecule has 0 N–H and O–H groups in total. The third-order valence-corrected chi connectivity index (χ3v) is 3.55. The first-order chi connectivity index (χ1) is 6.28. The molecule has 1 heterocycles. The normalized spacial score (nSPS) is 51.8. The number of hydrogen-bond donors (Lipinski definition) is 0. The van der Waals surface area contributed by atoms with Gasteiger partial charge in [-0.25, -0.2) is 0 Å². The first kappa shape index (κ1) is 7.71. The summed E-state index contributed by atoms with van der Waals surface area (Å²) in [5, 5.41) is 0. The van der Waals surface area contributed by atoms with Crippen LogP contribution in [0.2, 0.25) is 0 Å². The van der Waals surface area contributed by atoms with Gasteiger partial charge in [-0.3, -0.25) is 4.79 Å². The summed E-state index contributed by atoms with van der Waals surface area (Å²) in [6, 6.07) is 0. The van der Waals surface area contributed by atoms with Crippen LogP contribution in [0.4, 0.5) is 0 Å². The van der Waals surface area contributed by atoms with E-state index in [1.807, 2.05) is 6.08 Å². The van der Waals surface area contributed by atoms with Crippen LogP contribution in [0.1, 0.15) is 6.42 Å². The molecule has 0 aromatic rings. The fraction of sp³-hybridized carbons (Fsp3) is 0.700. The van der Waals surface area contributed by atoms with Crippen molar-refractivity contribution >= 4 is 5.78 Å². The van der Waals surface area contributed by atoms with Gasteiger partial charge in [-0.2, -0.15) is 0 Å². The van der Waals surface area contributed by atoms with Crippen LogP contribution in [-0.4, -0.2) is 25.3 Å². The van der Waals surface area contributed by atoms with Gasteiger partial charge in [0.2, 0.25) is 5.79 Å². The van der Waals surface area contributed by atoms with E-state index in [0.717, 1.165) is 6.42 Å². The molecule has 4 bridgehead atoms.